The number of nitrogens with zero attached hydrogens (tertiary/aromatic N) is 4. The van der Waals surface area contributed by atoms with Crippen molar-refractivity contribution in [3.63, 3.8) is 0 Å². The van der Waals surface area contributed by atoms with E-state index in [9.17, 15) is 19.5 Å². The van der Waals surface area contributed by atoms with Crippen molar-refractivity contribution < 1.29 is 24.9 Å². The molecule has 1 aliphatic rings. The topological polar surface area (TPSA) is 170 Å². The second kappa shape index (κ2) is 11.5. The number of carbonyl (C=O) groups excluding carboxylic acids is 1. The van der Waals surface area contributed by atoms with Gasteiger partial charge in [0.1, 0.15) is 18.9 Å². The van der Waals surface area contributed by atoms with Gasteiger partial charge in [-0.2, -0.15) is 10.2 Å². The molecule has 3 aromatic rings. The van der Waals surface area contributed by atoms with Crippen LogP contribution in [0.15, 0.2) is 80.6 Å². The highest BCUT2D eigenvalue weighted by Gasteiger charge is 2.36. The Kier molecular flexibility index (Phi) is 8.48. The number of esters is 1. The smallest absolute Gasteiger partial charge is 0.338 e. The molecule has 2 heterocycles. The summed E-state index contributed by atoms with van der Waals surface area (Å²) in [5.41, 5.74) is 1.47. The number of hydrogen-bond acceptors (Lipinski definition) is 9. The molecule has 0 amide bonds. The Morgan fingerprint density at radius 1 is 1.08 bits per heavy atom. The van der Waals surface area contributed by atoms with Crippen molar-refractivity contribution in [1.82, 2.24) is 9.55 Å². The van der Waals surface area contributed by atoms with E-state index in [1.807, 2.05) is 43.3 Å². The number of aliphatic hydroxyl groups excluding tert-OH is 1. The normalized spacial score (nSPS) is 19.1. The maximum absolute atomic E-state index is 12.4. The third-order valence-electron chi connectivity index (χ3n) is 5.49. The Balaban J connectivity index is 0.00000361. The molecule has 3 atom stereocenters. The van der Waals surface area contributed by atoms with Crippen LogP contribution in [-0.2, 0) is 9.47 Å². The number of H-pyrrole nitrogens is 1. The van der Waals surface area contributed by atoms with Gasteiger partial charge in [-0.05, 0) is 48.5 Å². The molecule has 1 aliphatic heterocycles. The highest BCUT2D eigenvalue weighted by atomic mass is 16.6. The number of benzene rings is 2. The van der Waals surface area contributed by atoms with Crippen LogP contribution in [0.25, 0.3) is 0 Å². The molecule has 4 rings (SSSR count). The van der Waals surface area contributed by atoms with E-state index in [0.717, 1.165) is 5.69 Å². The van der Waals surface area contributed by atoms with E-state index >= 15 is 0 Å². The molecule has 1 saturated heterocycles. The number of ether oxygens (including phenoxy) is 2. The van der Waals surface area contributed by atoms with Crippen LogP contribution < -0.4 is 16.1 Å². The third-order valence-corrected chi connectivity index (χ3v) is 5.49. The zero-order valence-corrected chi connectivity index (χ0v) is 19.7. The first kappa shape index (κ1) is 26.5. The fourth-order valence-corrected chi connectivity index (χ4v) is 3.53. The summed E-state index contributed by atoms with van der Waals surface area (Å²) in [5, 5.41) is 18.6. The molecule has 0 radical (unpaired) electrons. The molecule has 1 fully saturated rings. The third kappa shape index (κ3) is 6.30. The lowest BCUT2D eigenvalue weighted by Crippen LogP contribution is -2.32. The van der Waals surface area contributed by atoms with Gasteiger partial charge in [-0.25, -0.2) is 9.59 Å². The maximum Gasteiger partial charge on any atom is 0.338 e. The van der Waals surface area contributed by atoms with Crippen molar-refractivity contribution in [2.45, 2.75) is 24.9 Å². The van der Waals surface area contributed by atoms with Gasteiger partial charge in [-0.15, -0.1) is 0 Å². The van der Waals surface area contributed by atoms with Gasteiger partial charge in [0.25, 0.3) is 5.56 Å². The van der Waals surface area contributed by atoms with E-state index < -0.39 is 35.7 Å². The average Bonchev–Trinajstić information content (AvgIpc) is 3.21. The number of anilines is 1. The maximum atomic E-state index is 12.4. The van der Waals surface area contributed by atoms with Crippen molar-refractivity contribution in [3.8, 4) is 0 Å². The van der Waals surface area contributed by atoms with Gasteiger partial charge in [0.05, 0.1) is 23.0 Å². The summed E-state index contributed by atoms with van der Waals surface area (Å²) in [7, 11) is 3.92. The first-order chi connectivity index (χ1) is 16.8. The van der Waals surface area contributed by atoms with Crippen molar-refractivity contribution >= 4 is 23.0 Å². The Hall–Kier alpha value is -4.13. The summed E-state index contributed by atoms with van der Waals surface area (Å²) in [6.07, 6.45) is -1.12. The summed E-state index contributed by atoms with van der Waals surface area (Å²) >= 11 is 0. The molecule has 0 saturated carbocycles. The number of aromatic amines is 1. The summed E-state index contributed by atoms with van der Waals surface area (Å²) in [6, 6.07) is 15.2. The number of aliphatic hydroxyl groups is 1. The summed E-state index contributed by atoms with van der Waals surface area (Å²) in [6.45, 7) is -0.195. The first-order valence-electron chi connectivity index (χ1n) is 10.9. The second-order valence-corrected chi connectivity index (χ2v) is 8.21. The number of aromatic nitrogens is 2. The van der Waals surface area contributed by atoms with Gasteiger partial charge in [-0.1, -0.05) is 0 Å². The Labute approximate surface area is 205 Å². The molecule has 190 valence electrons. The highest BCUT2D eigenvalue weighted by molar-refractivity contribution is 5.89. The van der Waals surface area contributed by atoms with Crippen LogP contribution in [0.2, 0.25) is 0 Å². The number of carbonyl (C=O) groups is 1. The van der Waals surface area contributed by atoms with Gasteiger partial charge >= 0.3 is 11.7 Å². The zero-order chi connectivity index (χ0) is 24.9. The number of nitrogens with one attached hydrogen (secondary N) is 1. The molecular formula is C24H27N5O7. The minimum Gasteiger partial charge on any atom is -0.459 e. The van der Waals surface area contributed by atoms with Crippen LogP contribution >= 0.6 is 0 Å². The molecule has 0 unspecified atom stereocenters. The lowest BCUT2D eigenvalue weighted by molar-refractivity contribution is -0.0532. The lowest BCUT2D eigenvalue weighted by atomic mass is 10.2. The van der Waals surface area contributed by atoms with Crippen molar-refractivity contribution in [2.75, 3.05) is 25.6 Å². The highest BCUT2D eigenvalue weighted by Crippen LogP contribution is 2.28. The van der Waals surface area contributed by atoms with E-state index in [-0.39, 0.29) is 18.5 Å². The molecule has 36 heavy (non-hydrogen) atoms. The van der Waals surface area contributed by atoms with Crippen LogP contribution in [0.1, 0.15) is 23.0 Å². The Morgan fingerprint density at radius 3 is 2.28 bits per heavy atom. The molecule has 0 spiro atoms. The number of hydrogen-bond donors (Lipinski definition) is 2. The molecule has 0 bridgehead atoms. The quantitative estimate of drug-likeness (QED) is 0.369. The fraction of sp³-hybridized carbons (Fsp3) is 0.292. The number of rotatable bonds is 7. The Bertz CT molecular complexity index is 1320. The molecule has 1 aromatic heterocycles. The second-order valence-electron chi connectivity index (χ2n) is 8.21. The van der Waals surface area contributed by atoms with Gasteiger partial charge < -0.3 is 25.0 Å². The van der Waals surface area contributed by atoms with Crippen LogP contribution in [-0.4, -0.2) is 59.0 Å². The molecule has 12 heteroatoms. The Morgan fingerprint density at radius 2 is 1.69 bits per heavy atom. The van der Waals surface area contributed by atoms with E-state index in [4.69, 9.17) is 9.47 Å². The van der Waals surface area contributed by atoms with Crippen LogP contribution in [0.4, 0.5) is 17.1 Å². The predicted octanol–water partition coefficient (Wildman–Crippen LogP) is 1.70. The van der Waals surface area contributed by atoms with E-state index in [1.54, 1.807) is 24.3 Å². The standard InChI is InChI=1S/C24H25N5O6.H2O/c1-28(2)18-9-7-17(8-10-18)27-26-16-5-3-15(4-6-16)23(32)34-14-20-19(30)13-22(35-20)29-12-11-21(31)25-24(29)33;/h3-12,19-20,22,30H,13-14H2,1-2H3,(H,25,31,33);1H2/t19-,20+,22+;/m0./s1. The molecular weight excluding hydrogens is 470 g/mol. The van der Waals surface area contributed by atoms with Gasteiger partial charge in [0.2, 0.25) is 0 Å². The van der Waals surface area contributed by atoms with Crippen molar-refractivity contribution in [2.24, 2.45) is 10.2 Å². The van der Waals surface area contributed by atoms with Gasteiger partial charge in [-0.3, -0.25) is 14.3 Å². The van der Waals surface area contributed by atoms with Gasteiger partial charge in [0, 0.05) is 38.5 Å². The van der Waals surface area contributed by atoms with Crippen molar-refractivity contribution in [3.05, 3.63) is 87.2 Å². The largest absolute Gasteiger partial charge is 0.459 e. The monoisotopic (exact) mass is 497 g/mol. The van der Waals surface area contributed by atoms with E-state index in [0.29, 0.717) is 16.9 Å². The fourth-order valence-electron chi connectivity index (χ4n) is 3.53. The lowest BCUT2D eigenvalue weighted by Gasteiger charge is -2.16. The molecule has 0 aliphatic carbocycles. The zero-order valence-electron chi connectivity index (χ0n) is 19.7. The first-order valence-corrected chi connectivity index (χ1v) is 10.9. The van der Waals surface area contributed by atoms with Crippen LogP contribution in [0.5, 0.6) is 0 Å². The molecule has 4 N–H and O–H groups in total. The van der Waals surface area contributed by atoms with Crippen LogP contribution in [0, 0.1) is 0 Å². The SMILES string of the molecule is CN(C)c1ccc(N=Nc2ccc(C(=O)OC[C@H]3O[C@@H](n4ccc(=O)[nH]c4=O)C[C@@H]3O)cc2)cc1.O. The molecule has 12 nitrogen and oxygen atoms in total. The number of azo groups is 1. The van der Waals surface area contributed by atoms with Crippen LogP contribution in [0.3, 0.4) is 0 Å². The van der Waals surface area contributed by atoms with Gasteiger partial charge in [0.15, 0.2) is 0 Å². The van der Waals surface area contributed by atoms with E-state index in [2.05, 4.69) is 15.2 Å². The summed E-state index contributed by atoms with van der Waals surface area (Å²) in [5.74, 6) is -0.590. The minimum absolute atomic E-state index is 0. The summed E-state index contributed by atoms with van der Waals surface area (Å²) in [4.78, 5) is 39.7. The summed E-state index contributed by atoms with van der Waals surface area (Å²) < 4.78 is 12.1. The molecule has 2 aromatic carbocycles. The average molecular weight is 498 g/mol. The van der Waals surface area contributed by atoms with Crippen molar-refractivity contribution in [1.29, 1.82) is 0 Å². The van der Waals surface area contributed by atoms with E-state index in [1.165, 1.54) is 16.8 Å². The minimum atomic E-state index is -0.943. The predicted molar refractivity (Wildman–Crippen MR) is 131 cm³/mol.